The first-order valence-corrected chi connectivity index (χ1v) is 10.5. The lowest BCUT2D eigenvalue weighted by atomic mass is 9.92. The second kappa shape index (κ2) is 8.18. The van der Waals surface area contributed by atoms with Gasteiger partial charge in [-0.1, -0.05) is 42.5 Å². The van der Waals surface area contributed by atoms with Gasteiger partial charge < -0.3 is 9.32 Å². The van der Waals surface area contributed by atoms with Crippen molar-refractivity contribution in [1.29, 1.82) is 0 Å². The molecule has 2 atom stereocenters. The average Bonchev–Trinajstić information content (AvgIpc) is 3.52. The van der Waals surface area contributed by atoms with Gasteiger partial charge in [-0.15, -0.1) is 0 Å². The van der Waals surface area contributed by atoms with Gasteiger partial charge in [0, 0.05) is 18.2 Å². The van der Waals surface area contributed by atoms with Gasteiger partial charge in [0.15, 0.2) is 5.89 Å². The molecule has 2 aromatic heterocycles. The number of amides is 1. The second-order valence-electron chi connectivity index (χ2n) is 7.85. The molecular weight excluding hydrogens is 390 g/mol. The lowest BCUT2D eigenvalue weighted by molar-refractivity contribution is 0.0596. The van der Waals surface area contributed by atoms with Crippen molar-refractivity contribution in [2.45, 2.75) is 31.7 Å². The molecule has 1 amide bonds. The summed E-state index contributed by atoms with van der Waals surface area (Å²) in [6.07, 6.45) is 6.73. The zero-order valence-electron chi connectivity index (χ0n) is 17.3. The minimum atomic E-state index is -0.0278. The summed E-state index contributed by atoms with van der Waals surface area (Å²) in [6, 6.07) is 17.6. The van der Waals surface area contributed by atoms with Gasteiger partial charge in [-0.3, -0.25) is 4.79 Å². The Bertz CT molecular complexity index is 1170. The summed E-state index contributed by atoms with van der Waals surface area (Å²) in [6.45, 7) is 2.66. The average molecular weight is 413 g/mol. The highest BCUT2D eigenvalue weighted by Crippen LogP contribution is 2.32. The van der Waals surface area contributed by atoms with E-state index in [-0.39, 0.29) is 17.9 Å². The van der Waals surface area contributed by atoms with E-state index in [1.54, 1.807) is 18.7 Å². The van der Waals surface area contributed by atoms with Crippen molar-refractivity contribution in [2.24, 2.45) is 0 Å². The fourth-order valence-electron chi connectivity index (χ4n) is 4.13. The highest BCUT2D eigenvalue weighted by Gasteiger charge is 2.33. The number of piperidine rings is 1. The van der Waals surface area contributed by atoms with E-state index >= 15 is 0 Å². The molecule has 1 aliphatic heterocycles. The maximum absolute atomic E-state index is 13.5. The molecule has 1 saturated heterocycles. The molecule has 1 aliphatic rings. The van der Waals surface area contributed by atoms with Crippen molar-refractivity contribution < 1.29 is 9.21 Å². The number of likely N-dealkylation sites (tertiary alicyclic amines) is 1. The molecule has 3 heterocycles. The number of carbonyl (C=O) groups is 1. The third kappa shape index (κ3) is 3.74. The van der Waals surface area contributed by atoms with E-state index in [9.17, 15) is 4.79 Å². The van der Waals surface area contributed by atoms with E-state index in [0.717, 1.165) is 24.1 Å². The SMILES string of the molecule is C[C@@H]1CCC(c2nc(-c3ccccc3)co2)CN1C(=O)c1ccccc1-n1nccn1. The number of oxazole rings is 1. The lowest BCUT2D eigenvalue weighted by Gasteiger charge is -2.37. The van der Waals surface area contributed by atoms with Crippen LogP contribution in [0.4, 0.5) is 0 Å². The molecule has 0 aliphatic carbocycles. The summed E-state index contributed by atoms with van der Waals surface area (Å²) in [4.78, 5) is 21.7. The molecule has 0 saturated carbocycles. The quantitative estimate of drug-likeness (QED) is 0.498. The lowest BCUT2D eigenvalue weighted by Crippen LogP contribution is -2.45. The maximum Gasteiger partial charge on any atom is 0.256 e. The largest absolute Gasteiger partial charge is 0.448 e. The topological polar surface area (TPSA) is 77.0 Å². The van der Waals surface area contributed by atoms with Crippen LogP contribution in [-0.4, -0.2) is 43.4 Å². The summed E-state index contributed by atoms with van der Waals surface area (Å²) >= 11 is 0. The van der Waals surface area contributed by atoms with Gasteiger partial charge in [0.25, 0.3) is 5.91 Å². The predicted molar refractivity (Wildman–Crippen MR) is 116 cm³/mol. The summed E-state index contributed by atoms with van der Waals surface area (Å²) in [5, 5.41) is 8.40. The van der Waals surface area contributed by atoms with E-state index in [2.05, 4.69) is 17.1 Å². The van der Waals surface area contributed by atoms with Gasteiger partial charge >= 0.3 is 0 Å². The van der Waals surface area contributed by atoms with Gasteiger partial charge in [0.2, 0.25) is 0 Å². The highest BCUT2D eigenvalue weighted by atomic mass is 16.3. The minimum absolute atomic E-state index is 0.0278. The van der Waals surface area contributed by atoms with Crippen molar-refractivity contribution in [3.8, 4) is 16.9 Å². The number of carbonyl (C=O) groups excluding carboxylic acids is 1. The fourth-order valence-corrected chi connectivity index (χ4v) is 4.13. The zero-order valence-corrected chi connectivity index (χ0v) is 17.3. The van der Waals surface area contributed by atoms with E-state index in [0.29, 0.717) is 23.7 Å². The van der Waals surface area contributed by atoms with Crippen LogP contribution in [0.3, 0.4) is 0 Å². The molecule has 0 radical (unpaired) electrons. The van der Waals surface area contributed by atoms with Crippen LogP contribution in [0.2, 0.25) is 0 Å². The first-order chi connectivity index (χ1) is 15.2. The molecule has 5 rings (SSSR count). The number of nitrogens with zero attached hydrogens (tertiary/aromatic N) is 5. The smallest absolute Gasteiger partial charge is 0.256 e. The highest BCUT2D eigenvalue weighted by molar-refractivity contribution is 5.98. The predicted octanol–water partition coefficient (Wildman–Crippen LogP) is 4.33. The Labute approximate surface area is 180 Å². The van der Waals surface area contributed by atoms with Crippen LogP contribution in [0, 0.1) is 0 Å². The van der Waals surface area contributed by atoms with Crippen molar-refractivity contribution >= 4 is 5.91 Å². The number of benzene rings is 2. The van der Waals surface area contributed by atoms with Crippen LogP contribution in [0.15, 0.2) is 77.7 Å². The molecule has 7 nitrogen and oxygen atoms in total. The van der Waals surface area contributed by atoms with E-state index in [4.69, 9.17) is 9.40 Å². The third-order valence-electron chi connectivity index (χ3n) is 5.85. The Morgan fingerprint density at radius 1 is 1.00 bits per heavy atom. The van der Waals surface area contributed by atoms with Crippen LogP contribution in [0.5, 0.6) is 0 Å². The number of rotatable bonds is 4. The zero-order chi connectivity index (χ0) is 21.2. The Morgan fingerprint density at radius 3 is 2.55 bits per heavy atom. The first kappa shape index (κ1) is 19.2. The number of hydrogen-bond acceptors (Lipinski definition) is 5. The van der Waals surface area contributed by atoms with Crippen LogP contribution in [-0.2, 0) is 0 Å². The summed E-state index contributed by atoms with van der Waals surface area (Å²) in [5.41, 5.74) is 3.11. The Morgan fingerprint density at radius 2 is 1.74 bits per heavy atom. The number of hydrogen-bond donors (Lipinski definition) is 0. The molecule has 4 aromatic rings. The van der Waals surface area contributed by atoms with Crippen LogP contribution in [0.1, 0.15) is 41.9 Å². The molecule has 1 unspecified atom stereocenters. The van der Waals surface area contributed by atoms with Crippen molar-refractivity contribution in [3.05, 3.63) is 84.7 Å². The second-order valence-corrected chi connectivity index (χ2v) is 7.85. The molecule has 31 heavy (non-hydrogen) atoms. The van der Waals surface area contributed by atoms with Crippen LogP contribution >= 0.6 is 0 Å². The van der Waals surface area contributed by atoms with E-state index < -0.39 is 0 Å². The molecular formula is C24H23N5O2. The van der Waals surface area contributed by atoms with Crippen molar-refractivity contribution in [3.63, 3.8) is 0 Å². The van der Waals surface area contributed by atoms with Gasteiger partial charge in [-0.2, -0.15) is 15.0 Å². The first-order valence-electron chi connectivity index (χ1n) is 10.5. The Hall–Kier alpha value is -3.74. The fraction of sp³-hybridized carbons (Fsp3) is 0.250. The van der Waals surface area contributed by atoms with Crippen LogP contribution in [0.25, 0.3) is 16.9 Å². The molecule has 0 N–H and O–H groups in total. The molecule has 156 valence electrons. The number of para-hydroxylation sites is 1. The Balaban J connectivity index is 1.40. The Kier molecular flexibility index (Phi) is 5.08. The third-order valence-corrected chi connectivity index (χ3v) is 5.85. The van der Waals surface area contributed by atoms with E-state index in [1.807, 2.05) is 59.5 Å². The van der Waals surface area contributed by atoms with E-state index in [1.165, 1.54) is 4.80 Å². The van der Waals surface area contributed by atoms with Gasteiger partial charge in [0.1, 0.15) is 12.0 Å². The standard InChI is InChI=1S/C24H23N5O2/c1-17-11-12-19(23-27-21(16-31-23)18-7-3-2-4-8-18)15-28(17)24(30)20-9-5-6-10-22(20)29-25-13-14-26-29/h2-10,13-14,16-17,19H,11-12,15H2,1H3/t17-,19?/m1/s1. The molecule has 0 spiro atoms. The van der Waals surface area contributed by atoms with Crippen LogP contribution < -0.4 is 0 Å². The summed E-state index contributed by atoms with van der Waals surface area (Å²) in [7, 11) is 0. The normalized spacial score (nSPS) is 18.8. The summed E-state index contributed by atoms with van der Waals surface area (Å²) in [5.74, 6) is 0.720. The molecule has 1 fully saturated rings. The molecule has 7 heteroatoms. The van der Waals surface area contributed by atoms with Gasteiger partial charge in [-0.05, 0) is 31.9 Å². The molecule has 0 bridgehead atoms. The number of aromatic nitrogens is 4. The van der Waals surface area contributed by atoms with Gasteiger partial charge in [-0.25, -0.2) is 4.98 Å². The van der Waals surface area contributed by atoms with Gasteiger partial charge in [0.05, 0.1) is 29.6 Å². The molecule has 2 aromatic carbocycles. The van der Waals surface area contributed by atoms with Crippen molar-refractivity contribution in [2.75, 3.05) is 6.54 Å². The minimum Gasteiger partial charge on any atom is -0.448 e. The summed E-state index contributed by atoms with van der Waals surface area (Å²) < 4.78 is 5.84. The monoisotopic (exact) mass is 413 g/mol. The maximum atomic E-state index is 13.5. The van der Waals surface area contributed by atoms with Crippen molar-refractivity contribution in [1.82, 2.24) is 24.9 Å².